The summed E-state index contributed by atoms with van der Waals surface area (Å²) in [6.07, 6.45) is 0. The van der Waals surface area contributed by atoms with E-state index >= 15 is 0 Å². The Kier molecular flexibility index (Phi) is 3.91. The molecule has 0 aromatic carbocycles. The number of hydrogen-bond donors (Lipinski definition) is 1. The Balaban J connectivity index is 3.03. The van der Waals surface area contributed by atoms with Gasteiger partial charge in [0.1, 0.15) is 0 Å². The molecule has 2 N–H and O–H groups in total. The SMILES string of the molecule is Cc1nn(CC(C)C)c(C)c1C(C)CN. The van der Waals surface area contributed by atoms with E-state index in [9.17, 15) is 0 Å². The van der Waals surface area contributed by atoms with Crippen molar-refractivity contribution in [2.45, 2.75) is 47.1 Å². The molecule has 0 bridgehead atoms. The molecule has 0 aliphatic heterocycles. The van der Waals surface area contributed by atoms with Crippen molar-refractivity contribution in [1.29, 1.82) is 0 Å². The molecule has 3 nitrogen and oxygen atoms in total. The molecule has 1 unspecified atom stereocenters. The smallest absolute Gasteiger partial charge is 0.0631 e. The highest BCUT2D eigenvalue weighted by Gasteiger charge is 2.16. The van der Waals surface area contributed by atoms with Gasteiger partial charge in [-0.05, 0) is 37.8 Å². The highest BCUT2D eigenvalue weighted by atomic mass is 15.3. The van der Waals surface area contributed by atoms with E-state index in [4.69, 9.17) is 5.73 Å². The molecule has 0 aliphatic carbocycles. The van der Waals surface area contributed by atoms with Crippen molar-refractivity contribution in [2.24, 2.45) is 11.7 Å². The molecule has 1 aromatic heterocycles. The largest absolute Gasteiger partial charge is 0.330 e. The highest BCUT2D eigenvalue weighted by molar-refractivity contribution is 5.28. The van der Waals surface area contributed by atoms with Gasteiger partial charge in [0, 0.05) is 12.2 Å². The van der Waals surface area contributed by atoms with Crippen LogP contribution in [0.5, 0.6) is 0 Å². The Bertz CT molecular complexity index is 326. The van der Waals surface area contributed by atoms with Gasteiger partial charge in [-0.25, -0.2) is 0 Å². The average molecular weight is 209 g/mol. The lowest BCUT2D eigenvalue weighted by molar-refractivity contribution is 0.472. The van der Waals surface area contributed by atoms with E-state index in [-0.39, 0.29) is 0 Å². The molecule has 0 amide bonds. The van der Waals surface area contributed by atoms with E-state index in [0.29, 0.717) is 18.4 Å². The first-order chi connectivity index (χ1) is 6.97. The van der Waals surface area contributed by atoms with Gasteiger partial charge in [0.05, 0.1) is 5.69 Å². The molecular formula is C12H23N3. The number of nitrogens with zero attached hydrogens (tertiary/aromatic N) is 2. The molecule has 3 heteroatoms. The number of aryl methyl sites for hydroxylation is 1. The summed E-state index contributed by atoms with van der Waals surface area (Å²) in [5, 5.41) is 4.58. The van der Waals surface area contributed by atoms with Crippen LogP contribution in [0.1, 0.15) is 43.6 Å². The van der Waals surface area contributed by atoms with Crippen molar-refractivity contribution in [3.05, 3.63) is 17.0 Å². The van der Waals surface area contributed by atoms with E-state index in [1.54, 1.807) is 0 Å². The third kappa shape index (κ3) is 2.59. The van der Waals surface area contributed by atoms with Crippen LogP contribution in [0.3, 0.4) is 0 Å². The predicted molar refractivity (Wildman–Crippen MR) is 64.0 cm³/mol. The number of aromatic nitrogens is 2. The van der Waals surface area contributed by atoms with Gasteiger partial charge in [-0.1, -0.05) is 20.8 Å². The third-order valence-electron chi connectivity index (χ3n) is 2.82. The van der Waals surface area contributed by atoms with Gasteiger partial charge < -0.3 is 5.73 Å². The quantitative estimate of drug-likeness (QED) is 0.826. The normalized spacial score (nSPS) is 13.5. The first kappa shape index (κ1) is 12.2. The molecule has 0 aliphatic rings. The second-order valence-electron chi connectivity index (χ2n) is 4.80. The fraction of sp³-hybridized carbons (Fsp3) is 0.750. The Morgan fingerprint density at radius 3 is 2.33 bits per heavy atom. The molecule has 1 rings (SSSR count). The number of rotatable bonds is 4. The van der Waals surface area contributed by atoms with Crippen LogP contribution in [0.2, 0.25) is 0 Å². The van der Waals surface area contributed by atoms with Crippen LogP contribution in [0.4, 0.5) is 0 Å². The zero-order valence-corrected chi connectivity index (χ0v) is 10.5. The lowest BCUT2D eigenvalue weighted by atomic mass is 9.99. The van der Waals surface area contributed by atoms with E-state index in [1.807, 2.05) is 0 Å². The summed E-state index contributed by atoms with van der Waals surface area (Å²) < 4.78 is 2.11. The topological polar surface area (TPSA) is 43.8 Å². The van der Waals surface area contributed by atoms with E-state index in [1.165, 1.54) is 11.3 Å². The minimum absolute atomic E-state index is 0.408. The van der Waals surface area contributed by atoms with E-state index < -0.39 is 0 Å². The van der Waals surface area contributed by atoms with Crippen LogP contribution in [0.25, 0.3) is 0 Å². The predicted octanol–water partition coefficient (Wildman–Crippen LogP) is 2.22. The van der Waals surface area contributed by atoms with Gasteiger partial charge in [0.25, 0.3) is 0 Å². The number of nitrogens with two attached hydrogens (primary N) is 1. The van der Waals surface area contributed by atoms with E-state index in [2.05, 4.69) is 44.4 Å². The fourth-order valence-corrected chi connectivity index (χ4v) is 2.07. The lowest BCUT2D eigenvalue weighted by Gasteiger charge is -2.11. The zero-order valence-electron chi connectivity index (χ0n) is 10.5. The summed E-state index contributed by atoms with van der Waals surface area (Å²) in [6, 6.07) is 0. The summed E-state index contributed by atoms with van der Waals surface area (Å²) >= 11 is 0. The Labute approximate surface area is 92.7 Å². The molecular weight excluding hydrogens is 186 g/mol. The molecule has 1 aromatic rings. The Hall–Kier alpha value is -0.830. The number of hydrogen-bond acceptors (Lipinski definition) is 2. The average Bonchev–Trinajstić information content (AvgIpc) is 2.40. The van der Waals surface area contributed by atoms with Crippen molar-refractivity contribution >= 4 is 0 Å². The molecule has 1 atom stereocenters. The van der Waals surface area contributed by atoms with Crippen LogP contribution in [0, 0.1) is 19.8 Å². The summed E-state index contributed by atoms with van der Waals surface area (Å²) in [6.45, 7) is 12.5. The van der Waals surface area contributed by atoms with Gasteiger partial charge in [-0.3, -0.25) is 4.68 Å². The maximum absolute atomic E-state index is 5.72. The van der Waals surface area contributed by atoms with Gasteiger partial charge in [0.15, 0.2) is 0 Å². The second-order valence-corrected chi connectivity index (χ2v) is 4.80. The molecule has 1 heterocycles. The molecule has 0 saturated heterocycles. The minimum Gasteiger partial charge on any atom is -0.330 e. The first-order valence-corrected chi connectivity index (χ1v) is 5.71. The van der Waals surface area contributed by atoms with Crippen molar-refractivity contribution in [3.8, 4) is 0 Å². The monoisotopic (exact) mass is 209 g/mol. The Morgan fingerprint density at radius 1 is 1.27 bits per heavy atom. The van der Waals surface area contributed by atoms with Crippen molar-refractivity contribution in [1.82, 2.24) is 9.78 Å². The highest BCUT2D eigenvalue weighted by Crippen LogP contribution is 2.22. The molecule has 15 heavy (non-hydrogen) atoms. The van der Waals surface area contributed by atoms with Crippen LogP contribution >= 0.6 is 0 Å². The van der Waals surface area contributed by atoms with Crippen molar-refractivity contribution < 1.29 is 0 Å². The molecule has 0 saturated carbocycles. The van der Waals surface area contributed by atoms with Gasteiger partial charge >= 0.3 is 0 Å². The third-order valence-corrected chi connectivity index (χ3v) is 2.82. The van der Waals surface area contributed by atoms with Crippen molar-refractivity contribution in [2.75, 3.05) is 6.54 Å². The molecule has 86 valence electrons. The van der Waals surface area contributed by atoms with Gasteiger partial charge in [0.2, 0.25) is 0 Å². The van der Waals surface area contributed by atoms with Crippen LogP contribution in [0.15, 0.2) is 0 Å². The molecule has 0 radical (unpaired) electrons. The maximum Gasteiger partial charge on any atom is 0.0631 e. The van der Waals surface area contributed by atoms with Crippen LogP contribution in [-0.4, -0.2) is 16.3 Å². The van der Waals surface area contributed by atoms with Gasteiger partial charge in [-0.15, -0.1) is 0 Å². The molecule has 0 spiro atoms. The minimum atomic E-state index is 0.408. The Morgan fingerprint density at radius 2 is 1.87 bits per heavy atom. The zero-order chi connectivity index (χ0) is 11.6. The summed E-state index contributed by atoms with van der Waals surface area (Å²) in [5.74, 6) is 1.04. The maximum atomic E-state index is 5.72. The summed E-state index contributed by atoms with van der Waals surface area (Å²) in [5.41, 5.74) is 9.45. The van der Waals surface area contributed by atoms with Gasteiger partial charge in [-0.2, -0.15) is 5.10 Å². The fourth-order valence-electron chi connectivity index (χ4n) is 2.07. The molecule has 0 fully saturated rings. The standard InChI is InChI=1S/C12H23N3/c1-8(2)7-15-11(5)12(9(3)6-13)10(4)14-15/h8-9H,6-7,13H2,1-5H3. The van der Waals surface area contributed by atoms with Crippen LogP contribution < -0.4 is 5.73 Å². The lowest BCUT2D eigenvalue weighted by Crippen LogP contribution is -2.12. The van der Waals surface area contributed by atoms with Crippen LogP contribution in [-0.2, 0) is 6.54 Å². The first-order valence-electron chi connectivity index (χ1n) is 5.71. The summed E-state index contributed by atoms with van der Waals surface area (Å²) in [4.78, 5) is 0. The van der Waals surface area contributed by atoms with Crippen molar-refractivity contribution in [3.63, 3.8) is 0 Å². The second kappa shape index (κ2) is 4.79. The summed E-state index contributed by atoms with van der Waals surface area (Å²) in [7, 11) is 0. The van der Waals surface area contributed by atoms with E-state index in [0.717, 1.165) is 12.2 Å².